The summed E-state index contributed by atoms with van der Waals surface area (Å²) in [5.74, 6) is 0.0996. The Hall–Kier alpha value is -1.81. The van der Waals surface area contributed by atoms with Gasteiger partial charge in [-0.1, -0.05) is 12.5 Å². The van der Waals surface area contributed by atoms with Gasteiger partial charge in [0.15, 0.2) is 0 Å². The summed E-state index contributed by atoms with van der Waals surface area (Å²) in [7, 11) is 1.89. The van der Waals surface area contributed by atoms with Crippen molar-refractivity contribution >= 4 is 16.8 Å². The van der Waals surface area contributed by atoms with Gasteiger partial charge in [0.25, 0.3) is 5.91 Å². The molecule has 1 aromatic carbocycles. The van der Waals surface area contributed by atoms with Crippen molar-refractivity contribution in [2.45, 2.75) is 25.3 Å². The van der Waals surface area contributed by atoms with Crippen molar-refractivity contribution in [1.29, 1.82) is 0 Å². The molecule has 20 heavy (non-hydrogen) atoms. The van der Waals surface area contributed by atoms with Crippen LogP contribution in [-0.2, 0) is 0 Å². The second kappa shape index (κ2) is 5.67. The summed E-state index contributed by atoms with van der Waals surface area (Å²) in [4.78, 5) is 17.6. The molecule has 4 nitrogen and oxygen atoms in total. The van der Waals surface area contributed by atoms with E-state index in [4.69, 9.17) is 0 Å². The average molecular weight is 271 g/mol. The third-order valence-corrected chi connectivity index (χ3v) is 4.08. The van der Waals surface area contributed by atoms with Crippen LogP contribution in [0.2, 0.25) is 0 Å². The molecule has 3 rings (SSSR count). The molecule has 1 aromatic heterocycles. The summed E-state index contributed by atoms with van der Waals surface area (Å²) in [5.41, 5.74) is 1.79. The lowest BCUT2D eigenvalue weighted by molar-refractivity contribution is 0.0777. The number of aromatic nitrogens is 1. The molecule has 2 heterocycles. The third-order valence-electron chi connectivity index (χ3n) is 4.08. The van der Waals surface area contributed by atoms with Crippen LogP contribution in [0.1, 0.15) is 29.6 Å². The number of hydrogen-bond donors (Lipinski definition) is 2. The van der Waals surface area contributed by atoms with Crippen molar-refractivity contribution < 1.29 is 4.79 Å². The maximum atomic E-state index is 12.6. The SMILES string of the molecule is CN(CC1CCCCN1)C(=O)c1cccc2[nH]ccc12. The Morgan fingerprint density at radius 3 is 3.05 bits per heavy atom. The zero-order valence-corrected chi connectivity index (χ0v) is 11.9. The summed E-state index contributed by atoms with van der Waals surface area (Å²) in [6.07, 6.45) is 5.54. The molecule has 0 aliphatic carbocycles. The van der Waals surface area contributed by atoms with Crippen LogP contribution in [0, 0.1) is 0 Å². The van der Waals surface area contributed by atoms with Crippen LogP contribution in [-0.4, -0.2) is 42.0 Å². The number of nitrogens with zero attached hydrogens (tertiary/aromatic N) is 1. The zero-order chi connectivity index (χ0) is 13.9. The van der Waals surface area contributed by atoms with Crippen molar-refractivity contribution in [3.05, 3.63) is 36.0 Å². The highest BCUT2D eigenvalue weighted by molar-refractivity contribution is 6.06. The predicted molar refractivity (Wildman–Crippen MR) is 80.9 cm³/mol. The highest BCUT2D eigenvalue weighted by Gasteiger charge is 2.20. The monoisotopic (exact) mass is 271 g/mol. The van der Waals surface area contributed by atoms with E-state index in [1.165, 1.54) is 12.8 Å². The quantitative estimate of drug-likeness (QED) is 0.900. The van der Waals surface area contributed by atoms with Gasteiger partial charge in [0.1, 0.15) is 0 Å². The van der Waals surface area contributed by atoms with E-state index in [0.717, 1.165) is 36.0 Å². The molecule has 0 spiro atoms. The second-order valence-corrected chi connectivity index (χ2v) is 5.58. The summed E-state index contributed by atoms with van der Waals surface area (Å²) in [6.45, 7) is 1.85. The zero-order valence-electron chi connectivity index (χ0n) is 11.9. The minimum absolute atomic E-state index is 0.0996. The lowest BCUT2D eigenvalue weighted by atomic mass is 10.0. The van der Waals surface area contributed by atoms with E-state index in [-0.39, 0.29) is 5.91 Å². The fraction of sp³-hybridized carbons (Fsp3) is 0.438. The number of hydrogen-bond acceptors (Lipinski definition) is 2. The van der Waals surface area contributed by atoms with Gasteiger partial charge in [-0.2, -0.15) is 0 Å². The first-order chi connectivity index (χ1) is 9.75. The Bertz CT molecular complexity index is 599. The second-order valence-electron chi connectivity index (χ2n) is 5.58. The number of carbonyl (C=O) groups is 1. The van der Waals surface area contributed by atoms with E-state index in [9.17, 15) is 4.79 Å². The number of aromatic amines is 1. The van der Waals surface area contributed by atoms with Gasteiger partial charge in [-0.25, -0.2) is 0 Å². The van der Waals surface area contributed by atoms with E-state index < -0.39 is 0 Å². The molecule has 1 unspecified atom stereocenters. The van der Waals surface area contributed by atoms with E-state index in [1.807, 2.05) is 42.4 Å². The summed E-state index contributed by atoms with van der Waals surface area (Å²) >= 11 is 0. The minimum Gasteiger partial charge on any atom is -0.361 e. The van der Waals surface area contributed by atoms with E-state index in [0.29, 0.717) is 6.04 Å². The van der Waals surface area contributed by atoms with Crippen molar-refractivity contribution in [2.24, 2.45) is 0 Å². The van der Waals surface area contributed by atoms with Crippen molar-refractivity contribution in [3.63, 3.8) is 0 Å². The number of likely N-dealkylation sites (N-methyl/N-ethyl adjacent to an activating group) is 1. The van der Waals surface area contributed by atoms with Gasteiger partial charge in [-0.05, 0) is 37.6 Å². The fourth-order valence-corrected chi connectivity index (χ4v) is 2.97. The highest BCUT2D eigenvalue weighted by Crippen LogP contribution is 2.19. The molecular formula is C16H21N3O. The Morgan fingerprint density at radius 1 is 1.35 bits per heavy atom. The molecule has 1 amide bonds. The number of rotatable bonds is 3. The maximum Gasteiger partial charge on any atom is 0.254 e. The first-order valence-corrected chi connectivity index (χ1v) is 7.30. The Labute approximate surface area is 119 Å². The van der Waals surface area contributed by atoms with Gasteiger partial charge >= 0.3 is 0 Å². The third kappa shape index (κ3) is 2.56. The molecule has 1 atom stereocenters. The number of H-pyrrole nitrogens is 1. The Balaban J connectivity index is 1.75. The number of benzene rings is 1. The van der Waals surface area contributed by atoms with Crippen molar-refractivity contribution in [2.75, 3.05) is 20.1 Å². The molecule has 2 N–H and O–H groups in total. The minimum atomic E-state index is 0.0996. The molecule has 4 heteroatoms. The van der Waals surface area contributed by atoms with Crippen molar-refractivity contribution in [3.8, 4) is 0 Å². The number of fused-ring (bicyclic) bond motifs is 1. The van der Waals surface area contributed by atoms with Gasteiger partial charge in [-0.3, -0.25) is 4.79 Å². The average Bonchev–Trinajstić information content (AvgIpc) is 2.96. The lowest BCUT2D eigenvalue weighted by Crippen LogP contribution is -2.44. The molecule has 106 valence electrons. The summed E-state index contributed by atoms with van der Waals surface area (Å²) < 4.78 is 0. The largest absolute Gasteiger partial charge is 0.361 e. The van der Waals surface area contributed by atoms with E-state index >= 15 is 0 Å². The van der Waals surface area contributed by atoms with Crippen LogP contribution in [0.5, 0.6) is 0 Å². The number of piperidine rings is 1. The maximum absolute atomic E-state index is 12.6. The number of carbonyl (C=O) groups excluding carboxylic acids is 1. The Kier molecular flexibility index (Phi) is 3.74. The van der Waals surface area contributed by atoms with Crippen LogP contribution < -0.4 is 5.32 Å². The van der Waals surface area contributed by atoms with Gasteiger partial charge in [0.05, 0.1) is 0 Å². The van der Waals surface area contributed by atoms with Gasteiger partial charge in [0, 0.05) is 42.3 Å². The normalized spacial score (nSPS) is 19.1. The van der Waals surface area contributed by atoms with Crippen LogP contribution in [0.15, 0.2) is 30.5 Å². The molecular weight excluding hydrogens is 250 g/mol. The predicted octanol–water partition coefficient (Wildman–Crippen LogP) is 2.38. The molecule has 1 fully saturated rings. The summed E-state index contributed by atoms with van der Waals surface area (Å²) in [6, 6.07) is 8.23. The van der Waals surface area contributed by atoms with E-state index in [1.54, 1.807) is 0 Å². The first kappa shape index (κ1) is 13.2. The number of amides is 1. The molecule has 1 aliphatic heterocycles. The van der Waals surface area contributed by atoms with Crippen LogP contribution in [0.25, 0.3) is 10.9 Å². The fourth-order valence-electron chi connectivity index (χ4n) is 2.97. The molecule has 1 aliphatic rings. The van der Waals surface area contributed by atoms with Crippen LogP contribution in [0.4, 0.5) is 0 Å². The number of nitrogens with one attached hydrogen (secondary N) is 2. The Morgan fingerprint density at radius 2 is 2.25 bits per heavy atom. The highest BCUT2D eigenvalue weighted by atomic mass is 16.2. The molecule has 2 aromatic rings. The molecule has 0 bridgehead atoms. The topological polar surface area (TPSA) is 48.1 Å². The smallest absolute Gasteiger partial charge is 0.254 e. The molecule has 0 radical (unpaired) electrons. The summed E-state index contributed by atoms with van der Waals surface area (Å²) in [5, 5.41) is 4.49. The van der Waals surface area contributed by atoms with Crippen LogP contribution >= 0.6 is 0 Å². The van der Waals surface area contributed by atoms with Crippen molar-refractivity contribution in [1.82, 2.24) is 15.2 Å². The molecule has 0 saturated carbocycles. The van der Waals surface area contributed by atoms with E-state index in [2.05, 4.69) is 10.3 Å². The van der Waals surface area contributed by atoms with Crippen LogP contribution in [0.3, 0.4) is 0 Å². The lowest BCUT2D eigenvalue weighted by Gasteiger charge is -2.28. The standard InChI is InChI=1S/C16H21N3O/c1-19(11-12-5-2-3-9-17-12)16(20)14-6-4-7-15-13(14)8-10-18-15/h4,6-8,10,12,17-18H,2-3,5,9,11H2,1H3. The van der Waals surface area contributed by atoms with Gasteiger partial charge < -0.3 is 15.2 Å². The van der Waals surface area contributed by atoms with Gasteiger partial charge in [0.2, 0.25) is 0 Å². The first-order valence-electron chi connectivity index (χ1n) is 7.30. The molecule has 1 saturated heterocycles. The van der Waals surface area contributed by atoms with Gasteiger partial charge in [-0.15, -0.1) is 0 Å².